The van der Waals surface area contributed by atoms with Crippen molar-refractivity contribution in [2.24, 2.45) is 5.92 Å². The first kappa shape index (κ1) is 18.0. The van der Waals surface area contributed by atoms with Crippen LogP contribution in [0.2, 0.25) is 0 Å². The van der Waals surface area contributed by atoms with Crippen molar-refractivity contribution in [2.75, 3.05) is 11.9 Å². The van der Waals surface area contributed by atoms with E-state index in [2.05, 4.69) is 21.2 Å². The second kappa shape index (κ2) is 8.41. The third-order valence-electron chi connectivity index (χ3n) is 3.24. The zero-order chi connectivity index (χ0) is 15.9. The number of amides is 1. The highest BCUT2D eigenvalue weighted by Gasteiger charge is 2.34. The summed E-state index contributed by atoms with van der Waals surface area (Å²) in [4.78, 5) is 12.0. The van der Waals surface area contributed by atoms with Crippen LogP contribution in [0.4, 0.5) is 13.2 Å². The van der Waals surface area contributed by atoms with E-state index in [0.29, 0.717) is 6.54 Å². The molecule has 1 amide bonds. The van der Waals surface area contributed by atoms with E-state index < -0.39 is 17.6 Å². The third kappa shape index (κ3) is 5.69. The Labute approximate surface area is 131 Å². The number of nitrogens with one attached hydrogen (secondary N) is 1. The van der Waals surface area contributed by atoms with Crippen LogP contribution >= 0.6 is 15.9 Å². The minimum Gasteiger partial charge on any atom is -0.352 e. The van der Waals surface area contributed by atoms with E-state index in [1.54, 1.807) is 0 Å². The second-order valence-electron chi connectivity index (χ2n) is 4.89. The fourth-order valence-corrected chi connectivity index (χ4v) is 2.82. The summed E-state index contributed by atoms with van der Waals surface area (Å²) < 4.78 is 38.6. The van der Waals surface area contributed by atoms with Crippen molar-refractivity contribution >= 4 is 21.8 Å². The van der Waals surface area contributed by atoms with E-state index in [9.17, 15) is 18.0 Å². The van der Waals surface area contributed by atoms with Crippen LogP contribution in [0, 0.1) is 5.92 Å². The van der Waals surface area contributed by atoms with Gasteiger partial charge in [-0.3, -0.25) is 4.79 Å². The van der Waals surface area contributed by atoms with Crippen LogP contribution in [-0.4, -0.2) is 17.8 Å². The first-order valence-electron chi connectivity index (χ1n) is 6.90. The molecule has 0 bridgehead atoms. The Morgan fingerprint density at radius 2 is 1.95 bits per heavy atom. The SMILES string of the molecule is CCCC(CCBr)CNC(=O)c1ccccc1C(F)(F)F. The standard InChI is InChI=1S/C15H19BrF3NO/c1-2-5-11(8-9-16)10-20-14(21)12-6-3-4-7-13(12)15(17,18)19/h3-4,6-7,11H,2,5,8-10H2,1H3,(H,20,21). The summed E-state index contributed by atoms with van der Waals surface area (Å²) in [5, 5.41) is 3.43. The molecule has 0 spiro atoms. The topological polar surface area (TPSA) is 29.1 Å². The lowest BCUT2D eigenvalue weighted by molar-refractivity contribution is -0.137. The van der Waals surface area contributed by atoms with Gasteiger partial charge in [-0.05, 0) is 30.9 Å². The first-order valence-corrected chi connectivity index (χ1v) is 8.02. The van der Waals surface area contributed by atoms with Crippen LogP contribution in [0.5, 0.6) is 0 Å². The Morgan fingerprint density at radius 1 is 1.29 bits per heavy atom. The number of benzene rings is 1. The molecule has 0 aliphatic rings. The highest BCUT2D eigenvalue weighted by Crippen LogP contribution is 2.31. The van der Waals surface area contributed by atoms with Crippen LogP contribution in [0.25, 0.3) is 0 Å². The Morgan fingerprint density at radius 3 is 2.52 bits per heavy atom. The molecule has 1 N–H and O–H groups in total. The maximum atomic E-state index is 12.9. The monoisotopic (exact) mass is 365 g/mol. The van der Waals surface area contributed by atoms with Gasteiger partial charge in [-0.15, -0.1) is 0 Å². The Balaban J connectivity index is 2.76. The lowest BCUT2D eigenvalue weighted by Crippen LogP contribution is -2.31. The van der Waals surface area contributed by atoms with Crippen LogP contribution in [-0.2, 0) is 6.18 Å². The van der Waals surface area contributed by atoms with Crippen molar-refractivity contribution in [3.05, 3.63) is 35.4 Å². The molecule has 0 aliphatic carbocycles. The number of rotatable bonds is 7. The van der Waals surface area contributed by atoms with Crippen molar-refractivity contribution in [3.63, 3.8) is 0 Å². The van der Waals surface area contributed by atoms with Crippen LogP contribution in [0.3, 0.4) is 0 Å². The van der Waals surface area contributed by atoms with Crippen molar-refractivity contribution in [1.29, 1.82) is 0 Å². The van der Waals surface area contributed by atoms with E-state index in [1.807, 2.05) is 6.92 Å². The van der Waals surface area contributed by atoms with Gasteiger partial charge < -0.3 is 5.32 Å². The van der Waals surface area contributed by atoms with Crippen molar-refractivity contribution in [3.8, 4) is 0 Å². The molecule has 1 aromatic rings. The summed E-state index contributed by atoms with van der Waals surface area (Å²) in [7, 11) is 0. The van der Waals surface area contributed by atoms with Gasteiger partial charge in [0, 0.05) is 11.9 Å². The molecule has 0 saturated heterocycles. The Hall–Kier alpha value is -1.04. The van der Waals surface area contributed by atoms with Gasteiger partial charge in [-0.25, -0.2) is 0 Å². The quantitative estimate of drug-likeness (QED) is 0.700. The van der Waals surface area contributed by atoms with Gasteiger partial charge in [0.15, 0.2) is 0 Å². The van der Waals surface area contributed by atoms with Crippen molar-refractivity contribution in [1.82, 2.24) is 5.32 Å². The maximum absolute atomic E-state index is 12.9. The number of hydrogen-bond acceptors (Lipinski definition) is 1. The van der Waals surface area contributed by atoms with Gasteiger partial charge in [0.2, 0.25) is 0 Å². The Bertz CT molecular complexity index is 456. The fraction of sp³-hybridized carbons (Fsp3) is 0.533. The maximum Gasteiger partial charge on any atom is 0.417 e. The minimum absolute atomic E-state index is 0.274. The molecule has 21 heavy (non-hydrogen) atoms. The molecule has 0 aromatic heterocycles. The normalized spacial score (nSPS) is 13.0. The van der Waals surface area contributed by atoms with Crippen LogP contribution in [0.1, 0.15) is 42.1 Å². The molecule has 0 radical (unpaired) electrons. The van der Waals surface area contributed by atoms with E-state index in [0.717, 1.165) is 30.7 Å². The molecule has 0 aliphatic heterocycles. The molecule has 0 heterocycles. The number of alkyl halides is 4. The second-order valence-corrected chi connectivity index (χ2v) is 5.68. The number of halogens is 4. The first-order chi connectivity index (χ1) is 9.90. The summed E-state index contributed by atoms with van der Waals surface area (Å²) in [5.41, 5.74) is -1.21. The third-order valence-corrected chi connectivity index (χ3v) is 3.70. The van der Waals surface area contributed by atoms with Crippen LogP contribution in [0.15, 0.2) is 24.3 Å². The summed E-state index contributed by atoms with van der Waals surface area (Å²) in [6.07, 6.45) is -1.72. The average molecular weight is 366 g/mol. The van der Waals surface area contributed by atoms with Gasteiger partial charge in [0.05, 0.1) is 11.1 Å². The number of hydrogen-bond donors (Lipinski definition) is 1. The fourth-order valence-electron chi connectivity index (χ4n) is 2.17. The zero-order valence-electron chi connectivity index (χ0n) is 11.8. The van der Waals surface area contributed by atoms with Gasteiger partial charge >= 0.3 is 6.18 Å². The van der Waals surface area contributed by atoms with E-state index in [1.165, 1.54) is 18.2 Å². The molecule has 0 saturated carbocycles. The van der Waals surface area contributed by atoms with Gasteiger partial charge in [-0.2, -0.15) is 13.2 Å². The van der Waals surface area contributed by atoms with Crippen molar-refractivity contribution < 1.29 is 18.0 Å². The average Bonchev–Trinajstić information content (AvgIpc) is 2.44. The molecule has 0 fully saturated rings. The molecular formula is C15H19BrF3NO. The van der Waals surface area contributed by atoms with E-state index in [-0.39, 0.29) is 11.5 Å². The van der Waals surface area contributed by atoms with Crippen LogP contribution < -0.4 is 5.32 Å². The molecule has 1 unspecified atom stereocenters. The number of carbonyl (C=O) groups excluding carboxylic acids is 1. The van der Waals surface area contributed by atoms with Crippen molar-refractivity contribution in [2.45, 2.75) is 32.4 Å². The molecule has 118 valence electrons. The number of carbonyl (C=O) groups is 1. The highest BCUT2D eigenvalue weighted by atomic mass is 79.9. The summed E-state index contributed by atoms with van der Waals surface area (Å²) in [6, 6.07) is 4.85. The predicted octanol–water partition coefficient (Wildman–Crippen LogP) is 4.64. The lowest BCUT2D eigenvalue weighted by Gasteiger charge is -2.17. The summed E-state index contributed by atoms with van der Waals surface area (Å²) >= 11 is 3.35. The molecule has 2 nitrogen and oxygen atoms in total. The molecule has 1 aromatic carbocycles. The largest absolute Gasteiger partial charge is 0.417 e. The molecular weight excluding hydrogens is 347 g/mol. The molecule has 1 rings (SSSR count). The molecule has 1 atom stereocenters. The summed E-state index contributed by atoms with van der Waals surface area (Å²) in [6.45, 7) is 2.44. The lowest BCUT2D eigenvalue weighted by atomic mass is 10.0. The minimum atomic E-state index is -4.52. The highest BCUT2D eigenvalue weighted by molar-refractivity contribution is 9.09. The van der Waals surface area contributed by atoms with E-state index in [4.69, 9.17) is 0 Å². The van der Waals surface area contributed by atoms with Gasteiger partial charge in [-0.1, -0.05) is 41.4 Å². The van der Waals surface area contributed by atoms with Gasteiger partial charge in [0.1, 0.15) is 0 Å². The molecule has 6 heteroatoms. The zero-order valence-corrected chi connectivity index (χ0v) is 13.4. The van der Waals surface area contributed by atoms with E-state index >= 15 is 0 Å². The Kier molecular flexibility index (Phi) is 7.22. The smallest absolute Gasteiger partial charge is 0.352 e. The summed E-state index contributed by atoms with van der Waals surface area (Å²) in [5.74, 6) is -0.394. The van der Waals surface area contributed by atoms with Gasteiger partial charge in [0.25, 0.3) is 5.91 Å². The predicted molar refractivity (Wildman–Crippen MR) is 80.6 cm³/mol.